The number of rotatable bonds is 5. The number of pyridine rings is 4. The lowest BCUT2D eigenvalue weighted by atomic mass is 9.96. The Morgan fingerprint density at radius 2 is 1.20 bits per heavy atom. The van der Waals surface area contributed by atoms with Crippen molar-refractivity contribution in [3.8, 4) is 11.5 Å². The molecule has 5 N–H and O–H groups in total. The first kappa shape index (κ1) is 44.7. The van der Waals surface area contributed by atoms with Crippen molar-refractivity contribution in [3.63, 3.8) is 0 Å². The van der Waals surface area contributed by atoms with Crippen LogP contribution in [-0.2, 0) is 0 Å². The molecular formula is C44H34Cl6N6O3. The molecule has 59 heavy (non-hydrogen) atoms. The molecule has 0 amide bonds. The van der Waals surface area contributed by atoms with Crippen LogP contribution in [0.2, 0.25) is 30.1 Å². The Labute approximate surface area is 370 Å². The fraction of sp³-hybridized carbons (Fsp3) is 0.0682. The first-order chi connectivity index (χ1) is 28.2. The summed E-state index contributed by atoms with van der Waals surface area (Å²) in [7, 11) is 0. The van der Waals surface area contributed by atoms with Gasteiger partial charge >= 0.3 is 0 Å². The van der Waals surface area contributed by atoms with Gasteiger partial charge in [-0.25, -0.2) is 9.97 Å². The van der Waals surface area contributed by atoms with Crippen molar-refractivity contribution in [1.82, 2.24) is 19.9 Å². The van der Waals surface area contributed by atoms with Gasteiger partial charge in [-0.05, 0) is 97.3 Å². The SMILES string of the molecule is Cc1cc(N)ncc1Cl.Cc1cc(NC(c2cc(Cl)ccc2Cl)c2ccc3cccnc3c2O)ncc1Cl.O=Cc1cc(Cl)ccc1Cl.Oc1cccc2cccnc12. The molecule has 8 aromatic rings. The number of aryl methyl sites for hydroxylation is 2. The van der Waals surface area contributed by atoms with E-state index in [4.69, 9.17) is 75.3 Å². The van der Waals surface area contributed by atoms with Crippen LogP contribution in [0, 0.1) is 13.8 Å². The molecule has 4 aromatic heterocycles. The number of aromatic hydroxyl groups is 2. The summed E-state index contributed by atoms with van der Waals surface area (Å²) in [6.07, 6.45) is 7.12. The van der Waals surface area contributed by atoms with Gasteiger partial charge in [-0.2, -0.15) is 0 Å². The number of nitrogen functional groups attached to an aromatic ring is 1. The number of benzene rings is 4. The quantitative estimate of drug-likeness (QED) is 0.124. The molecule has 4 heterocycles. The molecule has 8 rings (SSSR count). The number of phenolic OH excluding ortho intramolecular Hbond substituents is 2. The fourth-order valence-electron chi connectivity index (χ4n) is 5.46. The molecule has 0 fully saturated rings. The molecule has 0 aliphatic heterocycles. The maximum Gasteiger partial charge on any atom is 0.151 e. The van der Waals surface area contributed by atoms with Crippen LogP contribution in [0.5, 0.6) is 11.5 Å². The monoisotopic (exact) mass is 904 g/mol. The number of fused-ring (bicyclic) bond motifs is 2. The van der Waals surface area contributed by atoms with Crippen molar-refractivity contribution in [3.05, 3.63) is 186 Å². The van der Waals surface area contributed by atoms with Gasteiger partial charge in [-0.3, -0.25) is 14.8 Å². The third-order valence-corrected chi connectivity index (χ3v) is 10.4. The van der Waals surface area contributed by atoms with E-state index < -0.39 is 6.04 Å². The van der Waals surface area contributed by atoms with Gasteiger partial charge in [0.25, 0.3) is 0 Å². The summed E-state index contributed by atoms with van der Waals surface area (Å²) in [6.45, 7) is 3.79. The Bertz CT molecular complexity index is 2730. The third-order valence-electron chi connectivity index (χ3n) is 8.46. The second-order valence-electron chi connectivity index (χ2n) is 12.6. The van der Waals surface area contributed by atoms with E-state index in [1.807, 2.05) is 62.4 Å². The molecule has 4 aromatic carbocycles. The molecule has 0 saturated carbocycles. The van der Waals surface area contributed by atoms with Crippen molar-refractivity contribution >= 4 is 109 Å². The molecule has 0 radical (unpaired) electrons. The highest BCUT2D eigenvalue weighted by Crippen LogP contribution is 2.39. The van der Waals surface area contributed by atoms with Crippen LogP contribution in [0.4, 0.5) is 11.6 Å². The minimum absolute atomic E-state index is 0.0716. The standard InChI is InChI=1S/C22H16Cl3N3O.C9H7NO.C7H4Cl2O.C6H7ClN2/c1-12-9-19(27-11-18(12)25)28-21(16-10-14(23)5-7-17(16)24)15-6-4-13-3-2-8-26-20(13)22(15)29;11-8-5-1-3-7-4-2-6-10-9(7)8;8-6-1-2-7(9)5(3-6)4-10;1-4-2-6(8)9-3-5(4)7/h2-11,21,29H,1H3,(H,27,28);1-6,11H;1-4H;2-3H,1H3,(H2,8,9). The highest BCUT2D eigenvalue weighted by atomic mass is 35.5. The maximum atomic E-state index is 11.0. The Kier molecular flexibility index (Phi) is 15.9. The number of nitrogens with one attached hydrogen (secondary N) is 1. The molecule has 0 aliphatic carbocycles. The number of hydrogen-bond acceptors (Lipinski definition) is 9. The minimum atomic E-state index is -0.513. The van der Waals surface area contributed by atoms with Crippen LogP contribution in [-0.4, -0.2) is 36.4 Å². The number of aldehydes is 1. The van der Waals surface area contributed by atoms with Gasteiger partial charge in [0.2, 0.25) is 0 Å². The number of nitrogens with zero attached hydrogens (tertiary/aromatic N) is 4. The van der Waals surface area contributed by atoms with Gasteiger partial charge in [0, 0.05) is 61.8 Å². The number of carbonyl (C=O) groups excluding carboxylic acids is 1. The molecule has 9 nitrogen and oxygen atoms in total. The molecule has 300 valence electrons. The summed E-state index contributed by atoms with van der Waals surface area (Å²) in [5.74, 6) is 1.41. The zero-order chi connectivity index (χ0) is 42.6. The van der Waals surface area contributed by atoms with E-state index in [0.29, 0.717) is 75.8 Å². The van der Waals surface area contributed by atoms with Crippen LogP contribution in [0.15, 0.2) is 128 Å². The number of nitrogens with two attached hydrogens (primary N) is 1. The largest absolute Gasteiger partial charge is 0.506 e. The first-order valence-corrected chi connectivity index (χ1v) is 19.7. The number of phenols is 2. The van der Waals surface area contributed by atoms with Crippen molar-refractivity contribution in [2.45, 2.75) is 19.9 Å². The summed E-state index contributed by atoms with van der Waals surface area (Å²) in [5.41, 5.74) is 10.1. The first-order valence-electron chi connectivity index (χ1n) is 17.5. The second-order valence-corrected chi connectivity index (χ2v) is 15.1. The summed E-state index contributed by atoms with van der Waals surface area (Å²) in [6, 6.07) is 29.6. The molecule has 0 aliphatic rings. The number of para-hydroxylation sites is 1. The molecule has 1 atom stereocenters. The lowest BCUT2D eigenvalue weighted by Crippen LogP contribution is -2.14. The minimum Gasteiger partial charge on any atom is -0.506 e. The fourth-order valence-corrected chi connectivity index (χ4v) is 6.41. The van der Waals surface area contributed by atoms with E-state index in [1.165, 1.54) is 6.07 Å². The summed E-state index contributed by atoms with van der Waals surface area (Å²) in [5, 5.41) is 28.7. The van der Waals surface area contributed by atoms with E-state index in [-0.39, 0.29) is 11.5 Å². The summed E-state index contributed by atoms with van der Waals surface area (Å²) >= 11 is 35.7. The van der Waals surface area contributed by atoms with Crippen LogP contribution < -0.4 is 11.1 Å². The highest BCUT2D eigenvalue weighted by molar-refractivity contribution is 6.35. The predicted molar refractivity (Wildman–Crippen MR) is 243 cm³/mol. The van der Waals surface area contributed by atoms with Gasteiger partial charge < -0.3 is 21.3 Å². The Hall–Kier alpha value is -5.39. The number of aromatic nitrogens is 4. The molecule has 0 saturated heterocycles. The van der Waals surface area contributed by atoms with E-state index in [0.717, 1.165) is 21.9 Å². The zero-order valence-corrected chi connectivity index (χ0v) is 35.8. The molecular weight excluding hydrogens is 873 g/mol. The highest BCUT2D eigenvalue weighted by Gasteiger charge is 2.23. The van der Waals surface area contributed by atoms with Gasteiger partial charge in [-0.1, -0.05) is 106 Å². The lowest BCUT2D eigenvalue weighted by Gasteiger charge is -2.23. The normalized spacial score (nSPS) is 10.9. The van der Waals surface area contributed by atoms with Crippen molar-refractivity contribution in [2.75, 3.05) is 11.1 Å². The Balaban J connectivity index is 0.000000179. The van der Waals surface area contributed by atoms with E-state index in [1.54, 1.807) is 73.3 Å². The number of halogens is 6. The predicted octanol–water partition coefficient (Wildman–Crippen LogP) is 13.2. The maximum absolute atomic E-state index is 11.0. The summed E-state index contributed by atoms with van der Waals surface area (Å²) in [4.78, 5) is 26.7. The Morgan fingerprint density at radius 3 is 1.81 bits per heavy atom. The van der Waals surface area contributed by atoms with Gasteiger partial charge in [0.15, 0.2) is 6.29 Å². The molecule has 1 unspecified atom stereocenters. The van der Waals surface area contributed by atoms with Crippen molar-refractivity contribution in [2.24, 2.45) is 0 Å². The molecule has 0 bridgehead atoms. The van der Waals surface area contributed by atoms with Crippen LogP contribution >= 0.6 is 69.6 Å². The smallest absolute Gasteiger partial charge is 0.151 e. The third kappa shape index (κ3) is 12.1. The summed E-state index contributed by atoms with van der Waals surface area (Å²) < 4.78 is 0. The van der Waals surface area contributed by atoms with Gasteiger partial charge in [-0.15, -0.1) is 0 Å². The van der Waals surface area contributed by atoms with E-state index in [9.17, 15) is 15.0 Å². The average molecular weight is 908 g/mol. The van der Waals surface area contributed by atoms with E-state index in [2.05, 4.69) is 25.3 Å². The van der Waals surface area contributed by atoms with Crippen molar-refractivity contribution < 1.29 is 15.0 Å². The van der Waals surface area contributed by atoms with Gasteiger partial charge in [0.05, 0.1) is 21.1 Å². The van der Waals surface area contributed by atoms with Gasteiger partial charge in [0.1, 0.15) is 34.2 Å². The van der Waals surface area contributed by atoms with E-state index >= 15 is 0 Å². The lowest BCUT2D eigenvalue weighted by molar-refractivity contribution is 0.112. The van der Waals surface area contributed by atoms with Crippen LogP contribution in [0.1, 0.15) is 38.7 Å². The van der Waals surface area contributed by atoms with Crippen LogP contribution in [0.25, 0.3) is 21.8 Å². The Morgan fingerprint density at radius 1 is 0.610 bits per heavy atom. The van der Waals surface area contributed by atoms with Crippen LogP contribution in [0.3, 0.4) is 0 Å². The number of carbonyl (C=O) groups is 1. The molecule has 15 heteroatoms. The zero-order valence-electron chi connectivity index (χ0n) is 31.2. The topological polar surface area (TPSA) is 147 Å². The second kappa shape index (κ2) is 21.0. The van der Waals surface area contributed by atoms with Crippen molar-refractivity contribution in [1.29, 1.82) is 0 Å². The average Bonchev–Trinajstić information content (AvgIpc) is 3.23. The number of hydrogen-bond donors (Lipinski definition) is 4. The number of anilines is 2. The molecule has 0 spiro atoms.